The zero-order valence-electron chi connectivity index (χ0n) is 17.3. The minimum Gasteiger partial charge on any atom is -0.378 e. The number of hydrogen-bond donors (Lipinski definition) is 3. The monoisotopic (exact) mass is 439 g/mol. The summed E-state index contributed by atoms with van der Waals surface area (Å²) in [6, 6.07) is 5.66. The van der Waals surface area contributed by atoms with E-state index in [0.29, 0.717) is 23.5 Å². The van der Waals surface area contributed by atoms with Gasteiger partial charge in [0.2, 0.25) is 11.9 Å². The van der Waals surface area contributed by atoms with Gasteiger partial charge in [-0.2, -0.15) is 4.98 Å². The van der Waals surface area contributed by atoms with Crippen molar-refractivity contribution >= 4 is 44.5 Å². The van der Waals surface area contributed by atoms with Crippen LogP contribution in [-0.2, 0) is 16.1 Å². The average molecular weight is 440 g/mol. The molecule has 0 saturated heterocycles. The second-order valence-electron chi connectivity index (χ2n) is 7.33. The Morgan fingerprint density at radius 1 is 1.29 bits per heavy atom. The predicted molar refractivity (Wildman–Crippen MR) is 121 cm³/mol. The lowest BCUT2D eigenvalue weighted by Crippen LogP contribution is -2.48. The maximum Gasteiger partial charge on any atom is 0.243 e. The molecule has 1 saturated carbocycles. The summed E-state index contributed by atoms with van der Waals surface area (Å²) in [5.74, 6) is 0.937. The van der Waals surface area contributed by atoms with Crippen molar-refractivity contribution < 1.29 is 9.53 Å². The summed E-state index contributed by atoms with van der Waals surface area (Å²) in [7, 11) is 1.63. The molecular formula is C21H25N7O2S. The number of thiazole rings is 1. The highest BCUT2D eigenvalue weighted by molar-refractivity contribution is 7.21. The summed E-state index contributed by atoms with van der Waals surface area (Å²) < 4.78 is 5.28. The molecule has 0 bridgehead atoms. The van der Waals surface area contributed by atoms with Crippen LogP contribution in [0.2, 0.25) is 0 Å². The normalized spacial score (nSPS) is 18.5. The van der Waals surface area contributed by atoms with E-state index in [1.165, 1.54) is 17.4 Å². The van der Waals surface area contributed by atoms with Gasteiger partial charge in [0.15, 0.2) is 5.13 Å². The van der Waals surface area contributed by atoms with Crippen molar-refractivity contribution in [1.29, 1.82) is 0 Å². The van der Waals surface area contributed by atoms with Crippen LogP contribution >= 0.6 is 11.3 Å². The van der Waals surface area contributed by atoms with Gasteiger partial charge >= 0.3 is 0 Å². The minimum absolute atomic E-state index is 0.000627. The smallest absolute Gasteiger partial charge is 0.243 e. The van der Waals surface area contributed by atoms with Gasteiger partial charge in [-0.1, -0.05) is 30.8 Å². The van der Waals surface area contributed by atoms with Crippen LogP contribution in [0.25, 0.3) is 10.3 Å². The van der Waals surface area contributed by atoms with Gasteiger partial charge in [0.05, 0.1) is 12.3 Å². The van der Waals surface area contributed by atoms with Gasteiger partial charge in [-0.3, -0.25) is 4.79 Å². The number of pyridine rings is 1. The van der Waals surface area contributed by atoms with Crippen molar-refractivity contribution in [2.24, 2.45) is 0 Å². The number of rotatable bonds is 8. The van der Waals surface area contributed by atoms with E-state index >= 15 is 0 Å². The van der Waals surface area contributed by atoms with E-state index in [1.54, 1.807) is 13.3 Å². The maximum atomic E-state index is 11.8. The van der Waals surface area contributed by atoms with E-state index in [4.69, 9.17) is 4.74 Å². The first kappa shape index (κ1) is 21.1. The number of methoxy groups -OCH3 is 1. The van der Waals surface area contributed by atoms with E-state index in [2.05, 4.69) is 42.5 Å². The SMILES string of the molecule is C=CC(=O)N[C@H]1CCCCC1Nc1nc(COC)cc(Nc2nc3cccnc3s2)n1. The number of aromatic nitrogens is 4. The summed E-state index contributed by atoms with van der Waals surface area (Å²) in [6.45, 7) is 3.90. The Morgan fingerprint density at radius 2 is 2.13 bits per heavy atom. The molecule has 3 N–H and O–H groups in total. The summed E-state index contributed by atoms with van der Waals surface area (Å²) in [5.41, 5.74) is 1.58. The molecule has 162 valence electrons. The molecular weight excluding hydrogens is 414 g/mol. The maximum absolute atomic E-state index is 11.8. The fourth-order valence-corrected chi connectivity index (χ4v) is 4.48. The lowest BCUT2D eigenvalue weighted by Gasteiger charge is -2.32. The number of carbonyl (C=O) groups excluding carboxylic acids is 1. The van der Waals surface area contributed by atoms with Crippen LogP contribution in [0, 0.1) is 0 Å². The largest absolute Gasteiger partial charge is 0.378 e. The number of hydrogen-bond acceptors (Lipinski definition) is 9. The molecule has 2 atom stereocenters. The highest BCUT2D eigenvalue weighted by Crippen LogP contribution is 2.27. The van der Waals surface area contributed by atoms with Crippen molar-refractivity contribution in [3.8, 4) is 0 Å². The minimum atomic E-state index is -0.167. The molecule has 0 aliphatic heterocycles. The topological polar surface area (TPSA) is 114 Å². The number of nitrogens with one attached hydrogen (secondary N) is 3. The Labute approximate surface area is 184 Å². The predicted octanol–water partition coefficient (Wildman–Crippen LogP) is 3.40. The van der Waals surface area contributed by atoms with Crippen molar-refractivity contribution in [3.63, 3.8) is 0 Å². The first-order valence-electron chi connectivity index (χ1n) is 10.2. The summed E-state index contributed by atoms with van der Waals surface area (Å²) in [6.07, 6.45) is 7.03. The molecule has 0 spiro atoms. The third-order valence-corrected chi connectivity index (χ3v) is 5.96. The van der Waals surface area contributed by atoms with Crippen LogP contribution in [0.4, 0.5) is 16.9 Å². The Balaban J connectivity index is 1.55. The Morgan fingerprint density at radius 3 is 2.90 bits per heavy atom. The molecule has 4 rings (SSSR count). The molecule has 3 aromatic rings. The van der Waals surface area contributed by atoms with Crippen molar-refractivity contribution in [3.05, 3.63) is 42.7 Å². The first-order valence-corrected chi connectivity index (χ1v) is 11.0. The summed E-state index contributed by atoms with van der Waals surface area (Å²) in [4.78, 5) is 30.8. The van der Waals surface area contributed by atoms with Crippen LogP contribution < -0.4 is 16.0 Å². The molecule has 31 heavy (non-hydrogen) atoms. The van der Waals surface area contributed by atoms with E-state index in [-0.39, 0.29) is 18.0 Å². The summed E-state index contributed by atoms with van der Waals surface area (Å²) in [5, 5.41) is 10.4. The number of nitrogens with zero attached hydrogens (tertiary/aromatic N) is 4. The second kappa shape index (κ2) is 9.80. The Kier molecular flexibility index (Phi) is 6.68. The fourth-order valence-electron chi connectivity index (χ4n) is 3.66. The van der Waals surface area contributed by atoms with E-state index in [9.17, 15) is 4.79 Å². The van der Waals surface area contributed by atoms with Crippen LogP contribution in [0.3, 0.4) is 0 Å². The quantitative estimate of drug-likeness (QED) is 0.458. The molecule has 0 aromatic carbocycles. The first-order chi connectivity index (χ1) is 15.1. The van der Waals surface area contributed by atoms with Gasteiger partial charge < -0.3 is 20.7 Å². The fraction of sp³-hybridized carbons (Fsp3) is 0.381. The van der Waals surface area contributed by atoms with Gasteiger partial charge in [-0.25, -0.2) is 15.0 Å². The third-order valence-electron chi connectivity index (χ3n) is 5.07. The standard InChI is InChI=1S/C21H25N7O2S/c1-3-18(29)24-14-7-4-5-8-15(14)25-20-23-13(12-30-2)11-17(27-20)28-21-26-16-9-6-10-22-19(16)31-21/h3,6,9-11,14-15H,1,4-5,7-8,12H2,2H3,(H,24,29)(H2,23,25,26,27,28)/t14-,15?/m0/s1. The van der Waals surface area contributed by atoms with Gasteiger partial charge in [-0.05, 0) is 31.1 Å². The molecule has 1 aliphatic rings. The van der Waals surface area contributed by atoms with Gasteiger partial charge in [-0.15, -0.1) is 0 Å². The zero-order chi connectivity index (χ0) is 21.6. The molecule has 10 heteroatoms. The highest BCUT2D eigenvalue weighted by Gasteiger charge is 2.26. The third kappa shape index (κ3) is 5.33. The van der Waals surface area contributed by atoms with E-state index in [0.717, 1.165) is 41.7 Å². The molecule has 1 unspecified atom stereocenters. The molecule has 3 heterocycles. The average Bonchev–Trinajstić information content (AvgIpc) is 3.17. The van der Waals surface area contributed by atoms with E-state index < -0.39 is 0 Å². The molecule has 1 amide bonds. The number of fused-ring (bicyclic) bond motifs is 1. The van der Waals surface area contributed by atoms with Gasteiger partial charge in [0.25, 0.3) is 0 Å². The molecule has 3 aromatic heterocycles. The number of ether oxygens (including phenoxy) is 1. The van der Waals surface area contributed by atoms with Crippen LogP contribution in [0.15, 0.2) is 37.1 Å². The number of amides is 1. The van der Waals surface area contributed by atoms with Crippen molar-refractivity contribution in [2.75, 3.05) is 17.7 Å². The molecule has 1 aliphatic carbocycles. The Hall–Kier alpha value is -3.11. The highest BCUT2D eigenvalue weighted by atomic mass is 32.1. The lowest BCUT2D eigenvalue weighted by atomic mass is 9.90. The van der Waals surface area contributed by atoms with Crippen LogP contribution in [0.5, 0.6) is 0 Å². The summed E-state index contributed by atoms with van der Waals surface area (Å²) >= 11 is 1.46. The number of carbonyl (C=O) groups is 1. The van der Waals surface area contributed by atoms with Crippen LogP contribution in [-0.4, -0.2) is 45.0 Å². The second-order valence-corrected chi connectivity index (χ2v) is 8.30. The number of anilines is 3. The zero-order valence-corrected chi connectivity index (χ0v) is 18.1. The van der Waals surface area contributed by atoms with E-state index in [1.807, 2.05) is 18.2 Å². The van der Waals surface area contributed by atoms with Crippen LogP contribution in [0.1, 0.15) is 31.4 Å². The molecule has 0 radical (unpaired) electrons. The van der Waals surface area contributed by atoms with Crippen molar-refractivity contribution in [1.82, 2.24) is 25.3 Å². The Bertz CT molecular complexity index is 1040. The van der Waals surface area contributed by atoms with Gasteiger partial charge in [0, 0.05) is 31.5 Å². The van der Waals surface area contributed by atoms with Gasteiger partial charge in [0.1, 0.15) is 16.2 Å². The molecule has 9 nitrogen and oxygen atoms in total. The lowest BCUT2D eigenvalue weighted by molar-refractivity contribution is -0.117. The molecule has 1 fully saturated rings. The van der Waals surface area contributed by atoms with Crippen molar-refractivity contribution in [2.45, 2.75) is 44.4 Å².